The Bertz CT molecular complexity index is 4850. The molecule has 0 bridgehead atoms. The van der Waals surface area contributed by atoms with Crippen LogP contribution in [-0.2, 0) is 13.1 Å². The maximum Gasteiger partial charge on any atom is 0.488 e. The summed E-state index contributed by atoms with van der Waals surface area (Å²) in [6.45, 7) is 6.37. The van der Waals surface area contributed by atoms with E-state index in [4.69, 9.17) is 10.0 Å². The van der Waals surface area contributed by atoms with E-state index < -0.39 is 7.12 Å². The normalized spacial score (nSPS) is 12.0. The Morgan fingerprint density at radius 1 is 0.351 bits per heavy atom. The smallest absolute Gasteiger partial charge is 0.423 e. The highest BCUT2D eigenvalue weighted by atomic mass is 79.9. The van der Waals surface area contributed by atoms with Crippen LogP contribution in [0.1, 0.15) is 13.8 Å². The van der Waals surface area contributed by atoms with Crippen molar-refractivity contribution in [3.05, 3.63) is 223 Å². The molecule has 2 aromatic heterocycles. The highest BCUT2D eigenvalue weighted by molar-refractivity contribution is 9.10. The fourth-order valence-corrected chi connectivity index (χ4v) is 13.3. The van der Waals surface area contributed by atoms with Gasteiger partial charge in [0.05, 0.1) is 11.0 Å². The van der Waals surface area contributed by atoms with Gasteiger partial charge in [-0.3, -0.25) is 0 Å². The molecule has 0 saturated carbocycles. The van der Waals surface area contributed by atoms with E-state index in [1.54, 1.807) is 12.1 Å². The lowest BCUT2D eigenvalue weighted by molar-refractivity contribution is 0.426. The van der Waals surface area contributed by atoms with Gasteiger partial charge in [0, 0.05) is 55.7 Å². The predicted octanol–water partition coefficient (Wildman–Crippen LogP) is 17.5. The van der Waals surface area contributed by atoms with Crippen LogP contribution in [0.3, 0.4) is 0 Å². The summed E-state index contributed by atoms with van der Waals surface area (Å²) in [7, 11) is -1.38. The maximum atomic E-state index is 8.94. The van der Waals surface area contributed by atoms with Gasteiger partial charge in [0.1, 0.15) is 0 Å². The van der Waals surface area contributed by atoms with E-state index in [2.05, 4.69) is 215 Å². The van der Waals surface area contributed by atoms with Gasteiger partial charge < -0.3 is 19.2 Å². The molecule has 0 aliphatic carbocycles. The molecule has 352 valence electrons. The molecule has 0 atom stereocenters. The third-order valence-electron chi connectivity index (χ3n) is 15.7. The van der Waals surface area contributed by atoms with Crippen LogP contribution in [0.4, 0.5) is 0 Å². The number of fused-ring (bicyclic) bond motifs is 10. The standard InChI is InChI=1S/C34H23N.C24H16BrN.C10H9BO2/c1-2-35-29-13-6-5-12-26(29)33-28-19-17-23-11-7-10-22-16-18-27(32(28)30(22)23)31(34(33)35)25-15-14-21-8-3-4-9-24(21)20-25;1-2-26-19-9-4-3-8-16(19)22-17-12-10-14-6-5-7-15-11-13-18(21(17)20(14)15)23(25)24(22)26;12-11(13)10-6-5-8-3-1-2-4-9(8)7-10/h3-20H,2H2,1H3;3-13H,2H2,1H3;1-7,12-13H. The average Bonchev–Trinajstić information content (AvgIpc) is 3.97. The van der Waals surface area contributed by atoms with E-state index in [1.807, 2.05) is 30.3 Å². The number of aryl methyl sites for hydroxylation is 2. The van der Waals surface area contributed by atoms with Gasteiger partial charge in [0.15, 0.2) is 0 Å². The van der Waals surface area contributed by atoms with Gasteiger partial charge in [-0.05, 0) is 145 Å². The largest absolute Gasteiger partial charge is 0.488 e. The van der Waals surface area contributed by atoms with E-state index in [1.165, 1.54) is 135 Å². The first kappa shape index (κ1) is 44.4. The maximum absolute atomic E-state index is 8.94. The zero-order chi connectivity index (χ0) is 49.8. The van der Waals surface area contributed by atoms with Crippen LogP contribution < -0.4 is 5.46 Å². The summed E-state index contributed by atoms with van der Waals surface area (Å²) in [6.07, 6.45) is 0. The number of hydrogen-bond donors (Lipinski definition) is 2. The first-order chi connectivity index (χ1) is 36.4. The molecule has 4 nitrogen and oxygen atoms in total. The number of nitrogens with zero attached hydrogens (tertiary/aromatic N) is 2. The molecule has 2 N–H and O–H groups in total. The molecule has 0 aliphatic heterocycles. The van der Waals surface area contributed by atoms with Crippen molar-refractivity contribution in [2.75, 3.05) is 0 Å². The van der Waals surface area contributed by atoms with Gasteiger partial charge in [-0.2, -0.15) is 0 Å². The topological polar surface area (TPSA) is 50.3 Å². The Labute approximate surface area is 435 Å². The minimum atomic E-state index is -1.38. The van der Waals surface area contributed by atoms with Crippen LogP contribution in [0.5, 0.6) is 0 Å². The van der Waals surface area contributed by atoms with Gasteiger partial charge in [-0.15, -0.1) is 0 Å². The fraction of sp³-hybridized carbons (Fsp3) is 0.0588. The van der Waals surface area contributed by atoms with E-state index in [0.717, 1.165) is 23.9 Å². The van der Waals surface area contributed by atoms with Crippen molar-refractivity contribution in [3.8, 4) is 11.1 Å². The van der Waals surface area contributed by atoms with E-state index in [-0.39, 0.29) is 0 Å². The highest BCUT2D eigenvalue weighted by Crippen LogP contribution is 2.49. The molecular formula is C68H48BBrN2O2. The second kappa shape index (κ2) is 17.5. The summed E-state index contributed by atoms with van der Waals surface area (Å²) >= 11 is 3.98. The number of halogens is 1. The number of rotatable bonds is 4. The predicted molar refractivity (Wildman–Crippen MR) is 322 cm³/mol. The number of benzene rings is 14. The van der Waals surface area contributed by atoms with Crippen molar-refractivity contribution in [3.63, 3.8) is 0 Å². The molecule has 0 unspecified atom stereocenters. The molecule has 0 amide bonds. The van der Waals surface area contributed by atoms with Crippen molar-refractivity contribution in [1.82, 2.24) is 9.13 Å². The minimum absolute atomic E-state index is 0.527. The first-order valence-corrected chi connectivity index (χ1v) is 26.4. The zero-order valence-electron chi connectivity index (χ0n) is 40.9. The minimum Gasteiger partial charge on any atom is -0.423 e. The zero-order valence-corrected chi connectivity index (χ0v) is 42.5. The summed E-state index contributed by atoms with van der Waals surface area (Å²) in [5.74, 6) is 0. The Hall–Kier alpha value is -8.26. The van der Waals surface area contributed by atoms with E-state index in [9.17, 15) is 0 Å². The van der Waals surface area contributed by atoms with Crippen molar-refractivity contribution in [2.24, 2.45) is 0 Å². The van der Waals surface area contributed by atoms with Gasteiger partial charge in [0.2, 0.25) is 0 Å². The third kappa shape index (κ3) is 6.69. The van der Waals surface area contributed by atoms with Crippen LogP contribution in [0.15, 0.2) is 223 Å². The summed E-state index contributed by atoms with van der Waals surface area (Å²) in [6, 6.07) is 78.2. The van der Waals surface area contributed by atoms with Crippen LogP contribution >= 0.6 is 15.9 Å². The lowest BCUT2D eigenvalue weighted by Crippen LogP contribution is -2.29. The van der Waals surface area contributed by atoms with Crippen LogP contribution in [0, 0.1) is 0 Å². The molecular weight excluding hydrogens is 967 g/mol. The Balaban J connectivity index is 0.000000113. The lowest BCUT2D eigenvalue weighted by Gasteiger charge is -2.18. The average molecular weight is 1020 g/mol. The van der Waals surface area contributed by atoms with Gasteiger partial charge in [-0.1, -0.05) is 200 Å². The highest BCUT2D eigenvalue weighted by Gasteiger charge is 2.24. The number of para-hydroxylation sites is 2. The molecule has 0 saturated heterocycles. The lowest BCUT2D eigenvalue weighted by atomic mass is 9.79. The molecule has 16 aromatic rings. The SMILES string of the molecule is CCn1c2ccccc2c2c3ccc4cccc5ccc(c(-c6ccc7ccccc7c6)c21)c3c54.CCn1c2ccccc2c2c3ccc4cccc5ccc(c(Br)c21)c3c54.OB(O)c1ccc2ccccc2c1. The van der Waals surface area contributed by atoms with Crippen molar-refractivity contribution >= 4 is 158 Å². The van der Waals surface area contributed by atoms with Crippen molar-refractivity contribution < 1.29 is 10.0 Å². The van der Waals surface area contributed by atoms with Gasteiger partial charge >= 0.3 is 7.12 Å². The second-order valence-corrected chi connectivity index (χ2v) is 20.4. The Kier molecular flexibility index (Phi) is 10.5. The second-order valence-electron chi connectivity index (χ2n) is 19.6. The molecule has 0 radical (unpaired) electrons. The monoisotopic (exact) mass is 1010 g/mol. The first-order valence-electron chi connectivity index (χ1n) is 25.6. The van der Waals surface area contributed by atoms with Crippen LogP contribution in [0.2, 0.25) is 0 Å². The Morgan fingerprint density at radius 2 is 0.770 bits per heavy atom. The van der Waals surface area contributed by atoms with E-state index in [0.29, 0.717) is 5.46 Å². The van der Waals surface area contributed by atoms with Gasteiger partial charge in [-0.25, -0.2) is 0 Å². The number of hydrogen-bond acceptors (Lipinski definition) is 2. The fourth-order valence-electron chi connectivity index (χ4n) is 12.5. The van der Waals surface area contributed by atoms with E-state index >= 15 is 0 Å². The molecule has 0 spiro atoms. The molecule has 6 heteroatoms. The summed E-state index contributed by atoms with van der Waals surface area (Å²) in [5, 5.41) is 44.1. The molecule has 0 fully saturated rings. The van der Waals surface area contributed by atoms with Crippen molar-refractivity contribution in [2.45, 2.75) is 26.9 Å². The van der Waals surface area contributed by atoms with Crippen molar-refractivity contribution in [1.29, 1.82) is 0 Å². The third-order valence-corrected chi connectivity index (χ3v) is 16.5. The molecule has 2 heterocycles. The van der Waals surface area contributed by atoms with Crippen LogP contribution in [0.25, 0.3) is 141 Å². The Morgan fingerprint density at radius 3 is 1.32 bits per heavy atom. The molecule has 16 rings (SSSR count). The van der Waals surface area contributed by atoms with Crippen LogP contribution in [-0.4, -0.2) is 26.3 Å². The summed E-state index contributed by atoms with van der Waals surface area (Å²) in [5.41, 5.74) is 8.41. The molecule has 74 heavy (non-hydrogen) atoms. The molecule has 14 aromatic carbocycles. The summed E-state index contributed by atoms with van der Waals surface area (Å²) in [4.78, 5) is 0. The summed E-state index contributed by atoms with van der Waals surface area (Å²) < 4.78 is 6.16. The number of aromatic nitrogens is 2. The van der Waals surface area contributed by atoms with Gasteiger partial charge in [0.25, 0.3) is 0 Å². The molecule has 0 aliphatic rings. The quantitative estimate of drug-likeness (QED) is 0.136.